The van der Waals surface area contributed by atoms with Crippen LogP contribution in [-0.2, 0) is 16.0 Å². The van der Waals surface area contributed by atoms with Crippen molar-refractivity contribution >= 4 is 17.5 Å². The summed E-state index contributed by atoms with van der Waals surface area (Å²) in [5.74, 6) is 0.865. The van der Waals surface area contributed by atoms with Gasteiger partial charge >= 0.3 is 0 Å². The zero-order valence-electron chi connectivity index (χ0n) is 17.2. The van der Waals surface area contributed by atoms with Gasteiger partial charge in [0.2, 0.25) is 11.8 Å². The van der Waals surface area contributed by atoms with E-state index in [1.165, 1.54) is 4.90 Å². The number of phenols is 1. The Hall–Kier alpha value is -3.06. The summed E-state index contributed by atoms with van der Waals surface area (Å²) < 4.78 is 5.16. The van der Waals surface area contributed by atoms with E-state index in [0.29, 0.717) is 39.1 Å². The van der Waals surface area contributed by atoms with Gasteiger partial charge in [-0.15, -0.1) is 0 Å². The van der Waals surface area contributed by atoms with Crippen LogP contribution in [0.5, 0.6) is 11.5 Å². The zero-order valence-corrected chi connectivity index (χ0v) is 17.2. The molecule has 2 saturated heterocycles. The van der Waals surface area contributed by atoms with E-state index in [-0.39, 0.29) is 30.0 Å². The van der Waals surface area contributed by atoms with Crippen molar-refractivity contribution < 1.29 is 19.4 Å². The standard InChI is InChI=1S/C23H27N3O4/c1-30-18-8-6-17(7-9-18)10-11-26-22(28)16-20(23(26)29)25-14-12-24(13-15-25)19-4-2-3-5-21(19)27/h2-9,20,27H,10-16H2,1H3/t20-/m0/s1. The minimum Gasteiger partial charge on any atom is -0.506 e. The van der Waals surface area contributed by atoms with Crippen LogP contribution >= 0.6 is 0 Å². The molecule has 2 aromatic carbocycles. The second kappa shape index (κ2) is 8.75. The molecule has 0 radical (unpaired) electrons. The molecule has 1 atom stereocenters. The van der Waals surface area contributed by atoms with E-state index < -0.39 is 0 Å². The summed E-state index contributed by atoms with van der Waals surface area (Å²) >= 11 is 0. The van der Waals surface area contributed by atoms with Crippen LogP contribution < -0.4 is 9.64 Å². The number of nitrogens with zero attached hydrogens (tertiary/aromatic N) is 3. The molecule has 0 saturated carbocycles. The molecule has 0 unspecified atom stereocenters. The molecule has 2 aromatic rings. The molecule has 0 aromatic heterocycles. The van der Waals surface area contributed by atoms with Crippen LogP contribution in [0.3, 0.4) is 0 Å². The predicted octanol–water partition coefficient (Wildman–Crippen LogP) is 1.89. The maximum atomic E-state index is 12.9. The van der Waals surface area contributed by atoms with Gasteiger partial charge in [0.25, 0.3) is 0 Å². The maximum Gasteiger partial charge on any atom is 0.247 e. The van der Waals surface area contributed by atoms with Crippen molar-refractivity contribution in [3.05, 3.63) is 54.1 Å². The van der Waals surface area contributed by atoms with Gasteiger partial charge in [-0.25, -0.2) is 0 Å². The number of aromatic hydroxyl groups is 1. The summed E-state index contributed by atoms with van der Waals surface area (Å²) in [6.07, 6.45) is 0.882. The SMILES string of the molecule is COc1ccc(CCN2C(=O)C[C@H](N3CCN(c4ccccc4O)CC3)C2=O)cc1. The van der Waals surface area contributed by atoms with Gasteiger partial charge < -0.3 is 14.7 Å². The van der Waals surface area contributed by atoms with E-state index in [1.807, 2.05) is 36.4 Å². The second-order valence-corrected chi connectivity index (χ2v) is 7.71. The van der Waals surface area contributed by atoms with Gasteiger partial charge in [-0.2, -0.15) is 0 Å². The summed E-state index contributed by atoms with van der Waals surface area (Å²) in [6.45, 7) is 3.19. The molecule has 30 heavy (non-hydrogen) atoms. The van der Waals surface area contributed by atoms with Crippen LogP contribution in [-0.4, -0.2) is 72.6 Å². The number of carbonyl (C=O) groups excluding carboxylic acids is 2. The molecule has 7 nitrogen and oxygen atoms in total. The number of ether oxygens (including phenoxy) is 1. The molecule has 2 fully saturated rings. The monoisotopic (exact) mass is 409 g/mol. The minimum absolute atomic E-state index is 0.0930. The molecule has 0 aliphatic carbocycles. The summed E-state index contributed by atoms with van der Waals surface area (Å²) in [7, 11) is 1.62. The molecule has 1 N–H and O–H groups in total. The highest BCUT2D eigenvalue weighted by atomic mass is 16.5. The van der Waals surface area contributed by atoms with Crippen molar-refractivity contribution in [1.82, 2.24) is 9.80 Å². The second-order valence-electron chi connectivity index (χ2n) is 7.71. The highest BCUT2D eigenvalue weighted by molar-refractivity contribution is 6.05. The third-order valence-electron chi connectivity index (χ3n) is 5.98. The molecule has 4 rings (SSSR count). The van der Waals surface area contributed by atoms with Gasteiger partial charge in [0.1, 0.15) is 11.5 Å². The fourth-order valence-corrected chi connectivity index (χ4v) is 4.23. The first-order valence-electron chi connectivity index (χ1n) is 10.3. The van der Waals surface area contributed by atoms with Gasteiger partial charge in [0.15, 0.2) is 0 Å². The third kappa shape index (κ3) is 4.11. The maximum absolute atomic E-state index is 12.9. The molecule has 0 bridgehead atoms. The first-order chi connectivity index (χ1) is 14.6. The Morgan fingerprint density at radius 2 is 1.70 bits per heavy atom. The third-order valence-corrected chi connectivity index (χ3v) is 5.98. The molecular weight excluding hydrogens is 382 g/mol. The number of piperazine rings is 1. The van der Waals surface area contributed by atoms with Gasteiger partial charge in [0, 0.05) is 32.7 Å². The number of methoxy groups -OCH3 is 1. The van der Waals surface area contributed by atoms with Crippen LogP contribution in [0, 0.1) is 0 Å². The number of benzene rings is 2. The number of para-hydroxylation sites is 2. The largest absolute Gasteiger partial charge is 0.506 e. The molecule has 0 spiro atoms. The lowest BCUT2D eigenvalue weighted by molar-refractivity contribution is -0.139. The Balaban J connectivity index is 1.33. The minimum atomic E-state index is -0.375. The Morgan fingerprint density at radius 1 is 1.00 bits per heavy atom. The molecule has 2 aliphatic rings. The van der Waals surface area contributed by atoms with Gasteiger partial charge in [-0.3, -0.25) is 19.4 Å². The summed E-state index contributed by atoms with van der Waals surface area (Å²) in [6, 6.07) is 14.6. The van der Waals surface area contributed by atoms with E-state index in [4.69, 9.17) is 4.74 Å². The number of phenolic OH excluding ortho intramolecular Hbond substituents is 1. The van der Waals surface area contributed by atoms with Crippen LogP contribution in [0.15, 0.2) is 48.5 Å². The summed E-state index contributed by atoms with van der Waals surface area (Å²) in [4.78, 5) is 31.1. The van der Waals surface area contributed by atoms with Crippen LogP contribution in [0.1, 0.15) is 12.0 Å². The molecule has 2 aliphatic heterocycles. The first kappa shape index (κ1) is 20.2. The first-order valence-corrected chi connectivity index (χ1v) is 10.3. The number of anilines is 1. The lowest BCUT2D eigenvalue weighted by Crippen LogP contribution is -2.52. The Kier molecular flexibility index (Phi) is 5.90. The number of rotatable bonds is 6. The van der Waals surface area contributed by atoms with Crippen molar-refractivity contribution in [3.63, 3.8) is 0 Å². The Morgan fingerprint density at radius 3 is 2.37 bits per heavy atom. The molecule has 158 valence electrons. The Labute approximate surface area is 176 Å². The van der Waals surface area contributed by atoms with Crippen molar-refractivity contribution in [2.24, 2.45) is 0 Å². The van der Waals surface area contributed by atoms with Crippen molar-refractivity contribution in [3.8, 4) is 11.5 Å². The predicted molar refractivity (Wildman–Crippen MR) is 114 cm³/mol. The summed E-state index contributed by atoms with van der Waals surface area (Å²) in [5, 5.41) is 10.1. The van der Waals surface area contributed by atoms with Crippen molar-refractivity contribution in [2.45, 2.75) is 18.9 Å². The average Bonchev–Trinajstić information content (AvgIpc) is 3.06. The van der Waals surface area contributed by atoms with Crippen LogP contribution in [0.4, 0.5) is 5.69 Å². The topological polar surface area (TPSA) is 73.3 Å². The number of imide groups is 1. The zero-order chi connectivity index (χ0) is 21.1. The van der Waals surface area contributed by atoms with Gasteiger partial charge in [-0.05, 0) is 36.2 Å². The van der Waals surface area contributed by atoms with Gasteiger partial charge in [0.05, 0.1) is 25.3 Å². The van der Waals surface area contributed by atoms with E-state index >= 15 is 0 Å². The lowest BCUT2D eigenvalue weighted by atomic mass is 10.1. The van der Waals surface area contributed by atoms with Crippen molar-refractivity contribution in [2.75, 3.05) is 44.7 Å². The highest BCUT2D eigenvalue weighted by Crippen LogP contribution is 2.28. The van der Waals surface area contributed by atoms with E-state index in [2.05, 4.69) is 9.80 Å². The fraction of sp³-hybridized carbons (Fsp3) is 0.391. The number of carbonyl (C=O) groups is 2. The van der Waals surface area contributed by atoms with E-state index in [9.17, 15) is 14.7 Å². The fourth-order valence-electron chi connectivity index (χ4n) is 4.23. The quantitative estimate of drug-likeness (QED) is 0.735. The van der Waals surface area contributed by atoms with Crippen LogP contribution in [0.25, 0.3) is 0 Å². The summed E-state index contributed by atoms with van der Waals surface area (Å²) in [5.41, 5.74) is 1.88. The lowest BCUT2D eigenvalue weighted by Gasteiger charge is -2.38. The smallest absolute Gasteiger partial charge is 0.247 e. The van der Waals surface area contributed by atoms with E-state index in [1.54, 1.807) is 19.2 Å². The molecule has 2 heterocycles. The number of likely N-dealkylation sites (tertiary alicyclic amines) is 1. The number of hydrogen-bond donors (Lipinski definition) is 1. The van der Waals surface area contributed by atoms with Crippen molar-refractivity contribution in [1.29, 1.82) is 0 Å². The Bertz CT molecular complexity index is 907. The van der Waals surface area contributed by atoms with Crippen LogP contribution in [0.2, 0.25) is 0 Å². The number of amides is 2. The average molecular weight is 409 g/mol. The van der Waals surface area contributed by atoms with E-state index in [0.717, 1.165) is 17.0 Å². The molecule has 2 amide bonds. The highest BCUT2D eigenvalue weighted by Gasteiger charge is 2.42. The molecular formula is C23H27N3O4. The molecule has 7 heteroatoms. The normalized spacial score (nSPS) is 20.1. The van der Waals surface area contributed by atoms with Gasteiger partial charge in [-0.1, -0.05) is 24.3 Å². The number of hydrogen-bond acceptors (Lipinski definition) is 6.